The minimum absolute atomic E-state index is 0.0658. The zero-order valence-electron chi connectivity index (χ0n) is 14.2. The van der Waals surface area contributed by atoms with Gasteiger partial charge in [-0.1, -0.05) is 32.9 Å². The summed E-state index contributed by atoms with van der Waals surface area (Å²) in [6.07, 6.45) is 0. The molecule has 0 saturated heterocycles. The normalized spacial score (nSPS) is 12.0. The molecule has 120 valence electrons. The van der Waals surface area contributed by atoms with Crippen LogP contribution in [0.2, 0.25) is 0 Å². The fourth-order valence-electron chi connectivity index (χ4n) is 2.73. The summed E-state index contributed by atoms with van der Waals surface area (Å²) in [7, 11) is 1.92. The van der Waals surface area contributed by atoms with E-state index in [-0.39, 0.29) is 11.4 Å². The van der Waals surface area contributed by atoms with Gasteiger partial charge in [0.25, 0.3) is 0 Å². The molecule has 23 heavy (non-hydrogen) atoms. The molecular weight excluding hydrogens is 288 g/mol. The topological polar surface area (TPSA) is 95.6 Å². The maximum absolute atomic E-state index is 5.99. The number of hydrogen-bond acceptors (Lipinski definition) is 5. The molecule has 0 aliphatic rings. The average molecular weight is 310 g/mol. The van der Waals surface area contributed by atoms with Crippen molar-refractivity contribution in [2.45, 2.75) is 33.1 Å². The zero-order chi connectivity index (χ0) is 16.9. The Morgan fingerprint density at radius 3 is 2.39 bits per heavy atom. The van der Waals surface area contributed by atoms with E-state index in [2.05, 4.69) is 60.8 Å². The summed E-state index contributed by atoms with van der Waals surface area (Å²) in [6, 6.07) is 6.47. The molecule has 0 saturated carbocycles. The maximum atomic E-state index is 5.99. The molecule has 4 N–H and O–H groups in total. The minimum Gasteiger partial charge on any atom is -0.382 e. The number of anilines is 2. The number of rotatable bonds is 1. The van der Waals surface area contributed by atoms with E-state index >= 15 is 0 Å². The van der Waals surface area contributed by atoms with Gasteiger partial charge in [0.15, 0.2) is 11.5 Å². The van der Waals surface area contributed by atoms with Crippen LogP contribution in [0.5, 0.6) is 0 Å². The Bertz CT molecular complexity index is 902. The second-order valence-corrected chi connectivity index (χ2v) is 6.91. The monoisotopic (exact) mass is 310 g/mol. The van der Waals surface area contributed by atoms with Gasteiger partial charge in [-0.2, -0.15) is 9.97 Å². The van der Waals surface area contributed by atoms with Gasteiger partial charge < -0.3 is 16.0 Å². The Morgan fingerprint density at radius 2 is 1.74 bits per heavy atom. The molecule has 0 amide bonds. The van der Waals surface area contributed by atoms with Gasteiger partial charge in [0.05, 0.1) is 0 Å². The molecule has 3 rings (SSSR count). The highest BCUT2D eigenvalue weighted by Crippen LogP contribution is 2.32. The molecule has 0 unspecified atom stereocenters. The predicted octanol–water partition coefficient (Wildman–Crippen LogP) is 2.80. The number of nitrogens with two attached hydrogens (primary N) is 2. The van der Waals surface area contributed by atoms with Gasteiger partial charge in [0.2, 0.25) is 5.95 Å². The van der Waals surface area contributed by atoms with Crippen LogP contribution in [0, 0.1) is 6.92 Å². The summed E-state index contributed by atoms with van der Waals surface area (Å²) >= 11 is 0. The fourth-order valence-corrected chi connectivity index (χ4v) is 2.73. The summed E-state index contributed by atoms with van der Waals surface area (Å²) in [5, 5.41) is 0. The summed E-state index contributed by atoms with van der Waals surface area (Å²) in [6.45, 7) is 8.66. The van der Waals surface area contributed by atoms with Crippen LogP contribution in [-0.2, 0) is 12.5 Å². The van der Waals surface area contributed by atoms with Crippen LogP contribution in [0.25, 0.3) is 22.6 Å². The van der Waals surface area contributed by atoms with E-state index in [4.69, 9.17) is 11.5 Å². The highest BCUT2D eigenvalue weighted by Gasteiger charge is 2.19. The van der Waals surface area contributed by atoms with Gasteiger partial charge in [-0.15, -0.1) is 0 Å². The second-order valence-electron chi connectivity index (χ2n) is 6.91. The first-order valence-electron chi connectivity index (χ1n) is 7.55. The molecule has 2 aromatic heterocycles. The number of benzene rings is 1. The molecule has 0 aliphatic carbocycles. The summed E-state index contributed by atoms with van der Waals surface area (Å²) in [4.78, 5) is 12.9. The Hall–Kier alpha value is -2.63. The Kier molecular flexibility index (Phi) is 3.28. The van der Waals surface area contributed by atoms with Crippen LogP contribution in [0.15, 0.2) is 18.2 Å². The standard InChI is InChI=1S/C17H22N6/c1-9-6-7-10(17(2,3)4)8-11(9)15-21-14-12(23(15)5)13(18)20-16(19)22-14/h6-8H,1-5H3,(H4,18,19,20,22). The van der Waals surface area contributed by atoms with E-state index in [1.807, 2.05) is 11.6 Å². The highest BCUT2D eigenvalue weighted by atomic mass is 15.2. The highest BCUT2D eigenvalue weighted by molar-refractivity contribution is 5.87. The van der Waals surface area contributed by atoms with Crippen molar-refractivity contribution in [3.05, 3.63) is 29.3 Å². The minimum atomic E-state index is 0.0658. The van der Waals surface area contributed by atoms with Crippen LogP contribution in [0.3, 0.4) is 0 Å². The number of aryl methyl sites for hydroxylation is 2. The lowest BCUT2D eigenvalue weighted by atomic mass is 9.85. The van der Waals surface area contributed by atoms with E-state index in [1.54, 1.807) is 0 Å². The molecule has 2 heterocycles. The molecule has 0 fully saturated rings. The van der Waals surface area contributed by atoms with Crippen molar-refractivity contribution in [3.63, 3.8) is 0 Å². The molecule has 0 spiro atoms. The quantitative estimate of drug-likeness (QED) is 0.720. The third kappa shape index (κ3) is 2.50. The summed E-state index contributed by atoms with van der Waals surface area (Å²) < 4.78 is 1.93. The smallest absolute Gasteiger partial charge is 0.224 e. The number of aromatic nitrogens is 4. The van der Waals surface area contributed by atoms with Crippen molar-refractivity contribution < 1.29 is 0 Å². The van der Waals surface area contributed by atoms with E-state index in [0.717, 1.165) is 17.0 Å². The van der Waals surface area contributed by atoms with Crippen LogP contribution >= 0.6 is 0 Å². The van der Waals surface area contributed by atoms with Gasteiger partial charge in [-0.25, -0.2) is 4.98 Å². The van der Waals surface area contributed by atoms with Gasteiger partial charge in [0, 0.05) is 12.6 Å². The number of fused-ring (bicyclic) bond motifs is 1. The van der Waals surface area contributed by atoms with Crippen molar-refractivity contribution in [1.29, 1.82) is 0 Å². The van der Waals surface area contributed by atoms with Gasteiger partial charge in [0.1, 0.15) is 11.3 Å². The molecule has 1 aromatic carbocycles. The first kappa shape index (κ1) is 15.3. The van der Waals surface area contributed by atoms with E-state index in [0.29, 0.717) is 17.0 Å². The number of nitrogens with zero attached hydrogens (tertiary/aromatic N) is 4. The Labute approximate surface area is 135 Å². The first-order valence-corrected chi connectivity index (χ1v) is 7.55. The second kappa shape index (κ2) is 4.94. The average Bonchev–Trinajstić information content (AvgIpc) is 2.75. The first-order chi connectivity index (χ1) is 10.7. The molecular formula is C17H22N6. The predicted molar refractivity (Wildman–Crippen MR) is 94.0 cm³/mol. The summed E-state index contributed by atoms with van der Waals surface area (Å²) in [5.74, 6) is 1.30. The lowest BCUT2D eigenvalue weighted by Crippen LogP contribution is -2.11. The van der Waals surface area contributed by atoms with Crippen molar-refractivity contribution in [3.8, 4) is 11.4 Å². The Balaban J connectivity index is 2.29. The molecule has 6 nitrogen and oxygen atoms in total. The molecule has 0 radical (unpaired) electrons. The zero-order valence-corrected chi connectivity index (χ0v) is 14.2. The molecule has 0 atom stereocenters. The molecule has 6 heteroatoms. The SMILES string of the molecule is Cc1ccc(C(C)(C)C)cc1-c1nc2nc(N)nc(N)c2n1C. The van der Waals surface area contributed by atoms with Crippen molar-refractivity contribution in [1.82, 2.24) is 19.5 Å². The van der Waals surface area contributed by atoms with E-state index < -0.39 is 0 Å². The third-order valence-corrected chi connectivity index (χ3v) is 4.12. The van der Waals surface area contributed by atoms with E-state index in [9.17, 15) is 0 Å². The molecule has 0 bridgehead atoms. The van der Waals surface area contributed by atoms with Crippen molar-refractivity contribution in [2.75, 3.05) is 11.5 Å². The maximum Gasteiger partial charge on any atom is 0.224 e. The van der Waals surface area contributed by atoms with Crippen LogP contribution < -0.4 is 11.5 Å². The lowest BCUT2D eigenvalue weighted by Gasteiger charge is -2.20. The fraction of sp³-hybridized carbons (Fsp3) is 0.353. The van der Waals surface area contributed by atoms with Crippen LogP contribution in [0.4, 0.5) is 11.8 Å². The third-order valence-electron chi connectivity index (χ3n) is 4.12. The Morgan fingerprint density at radius 1 is 1.04 bits per heavy atom. The van der Waals surface area contributed by atoms with Gasteiger partial charge in [-0.05, 0) is 29.5 Å². The van der Waals surface area contributed by atoms with Crippen molar-refractivity contribution >= 4 is 22.9 Å². The van der Waals surface area contributed by atoms with E-state index in [1.165, 1.54) is 5.56 Å². The van der Waals surface area contributed by atoms with Gasteiger partial charge in [-0.3, -0.25) is 0 Å². The van der Waals surface area contributed by atoms with Crippen LogP contribution in [-0.4, -0.2) is 19.5 Å². The molecule has 0 aliphatic heterocycles. The number of nitrogen functional groups attached to an aromatic ring is 2. The van der Waals surface area contributed by atoms with Crippen LogP contribution in [0.1, 0.15) is 31.9 Å². The summed E-state index contributed by atoms with van der Waals surface area (Å²) in [5.41, 5.74) is 16.4. The molecule has 3 aromatic rings. The lowest BCUT2D eigenvalue weighted by molar-refractivity contribution is 0.590. The largest absolute Gasteiger partial charge is 0.382 e. The van der Waals surface area contributed by atoms with Gasteiger partial charge >= 0.3 is 0 Å². The number of hydrogen-bond donors (Lipinski definition) is 2. The van der Waals surface area contributed by atoms with Crippen molar-refractivity contribution in [2.24, 2.45) is 7.05 Å². The number of imidazole rings is 1.